The highest BCUT2D eigenvalue weighted by atomic mass is 79.9. The lowest BCUT2D eigenvalue weighted by Crippen LogP contribution is -2.04. The molecule has 2 aromatic rings. The Morgan fingerprint density at radius 1 is 1.50 bits per heavy atom. The van der Waals surface area contributed by atoms with Gasteiger partial charge in [-0.1, -0.05) is 0 Å². The van der Waals surface area contributed by atoms with Crippen molar-refractivity contribution in [2.24, 2.45) is 0 Å². The Hall–Kier alpha value is -0.230. The third-order valence-corrected chi connectivity index (χ3v) is 4.60. The van der Waals surface area contributed by atoms with E-state index in [2.05, 4.69) is 43.1 Å². The second-order valence-electron chi connectivity index (χ2n) is 2.77. The van der Waals surface area contributed by atoms with E-state index in [1.54, 1.807) is 22.7 Å². The molecule has 2 rings (SSSR count). The quantitative estimate of drug-likeness (QED) is 0.937. The summed E-state index contributed by atoms with van der Waals surface area (Å²) in [4.78, 5) is 5.76. The van der Waals surface area contributed by atoms with Gasteiger partial charge in [-0.15, -0.1) is 22.7 Å². The minimum atomic E-state index is 0.833. The van der Waals surface area contributed by atoms with Crippen LogP contribution >= 0.6 is 38.6 Å². The second kappa shape index (κ2) is 4.53. The lowest BCUT2D eigenvalue weighted by atomic mass is 10.4. The van der Waals surface area contributed by atoms with Gasteiger partial charge in [-0.05, 0) is 34.4 Å². The summed E-state index contributed by atoms with van der Waals surface area (Å²) in [7, 11) is 1.93. The van der Waals surface area contributed by atoms with Crippen LogP contribution in [-0.4, -0.2) is 12.0 Å². The van der Waals surface area contributed by atoms with Crippen molar-refractivity contribution < 1.29 is 0 Å². The van der Waals surface area contributed by atoms with Crippen LogP contribution in [0.15, 0.2) is 21.3 Å². The number of nitrogens with one attached hydrogen (secondary N) is 1. The maximum absolute atomic E-state index is 4.54. The van der Waals surface area contributed by atoms with E-state index in [0.717, 1.165) is 21.7 Å². The first-order chi connectivity index (χ1) is 6.81. The van der Waals surface area contributed by atoms with Gasteiger partial charge in [0.15, 0.2) is 0 Å². The van der Waals surface area contributed by atoms with E-state index in [1.807, 2.05) is 7.05 Å². The highest BCUT2D eigenvalue weighted by molar-refractivity contribution is 9.10. The molecule has 2 aromatic heterocycles. The van der Waals surface area contributed by atoms with E-state index >= 15 is 0 Å². The fourth-order valence-corrected chi connectivity index (χ4v) is 3.75. The van der Waals surface area contributed by atoms with Gasteiger partial charge in [-0.3, -0.25) is 0 Å². The maximum atomic E-state index is 4.54. The topological polar surface area (TPSA) is 24.9 Å². The number of hydrogen-bond acceptors (Lipinski definition) is 4. The van der Waals surface area contributed by atoms with Gasteiger partial charge in [0.1, 0.15) is 5.01 Å². The van der Waals surface area contributed by atoms with E-state index in [0.29, 0.717) is 0 Å². The van der Waals surface area contributed by atoms with Gasteiger partial charge in [-0.2, -0.15) is 0 Å². The van der Waals surface area contributed by atoms with Crippen molar-refractivity contribution in [3.63, 3.8) is 0 Å². The Kier molecular flexibility index (Phi) is 3.33. The smallest absolute Gasteiger partial charge is 0.134 e. The summed E-state index contributed by atoms with van der Waals surface area (Å²) in [5.74, 6) is 0. The fourth-order valence-electron chi connectivity index (χ4n) is 1.12. The van der Waals surface area contributed by atoms with Gasteiger partial charge in [0.25, 0.3) is 0 Å². The molecule has 2 nitrogen and oxygen atoms in total. The molecular weight excluding hydrogens is 280 g/mol. The number of nitrogens with zero attached hydrogens (tertiary/aromatic N) is 1. The van der Waals surface area contributed by atoms with E-state index < -0.39 is 0 Å². The standard InChI is InChI=1S/C9H9BrN2S2/c1-11-4-6-5-14-9(12-6)8-7(10)2-3-13-8/h2-3,5,11H,4H2,1H3. The van der Waals surface area contributed by atoms with Gasteiger partial charge in [0, 0.05) is 16.4 Å². The molecule has 0 aliphatic rings. The first-order valence-corrected chi connectivity index (χ1v) is 6.69. The SMILES string of the molecule is CNCc1csc(-c2sccc2Br)n1. The van der Waals surface area contributed by atoms with Crippen LogP contribution in [0.3, 0.4) is 0 Å². The van der Waals surface area contributed by atoms with Gasteiger partial charge in [0.05, 0.1) is 10.6 Å². The fraction of sp³-hybridized carbons (Fsp3) is 0.222. The van der Waals surface area contributed by atoms with Crippen molar-refractivity contribution in [1.29, 1.82) is 0 Å². The first kappa shape index (κ1) is 10.3. The molecule has 0 unspecified atom stereocenters. The largest absolute Gasteiger partial charge is 0.314 e. The number of thiazole rings is 1. The monoisotopic (exact) mass is 288 g/mol. The van der Waals surface area contributed by atoms with Crippen LogP contribution in [0.1, 0.15) is 5.69 Å². The molecule has 0 bridgehead atoms. The van der Waals surface area contributed by atoms with Crippen LogP contribution < -0.4 is 5.32 Å². The minimum Gasteiger partial charge on any atom is -0.314 e. The van der Waals surface area contributed by atoms with Gasteiger partial charge < -0.3 is 5.32 Å². The average Bonchev–Trinajstić information content (AvgIpc) is 2.74. The molecule has 0 radical (unpaired) electrons. The number of hydrogen-bond donors (Lipinski definition) is 1. The molecule has 0 amide bonds. The molecule has 2 heterocycles. The summed E-state index contributed by atoms with van der Waals surface area (Å²) in [6, 6.07) is 2.05. The highest BCUT2D eigenvalue weighted by Gasteiger charge is 2.08. The van der Waals surface area contributed by atoms with E-state index in [1.165, 1.54) is 4.88 Å². The lowest BCUT2D eigenvalue weighted by Gasteiger charge is -1.92. The molecule has 14 heavy (non-hydrogen) atoms. The molecule has 1 N–H and O–H groups in total. The van der Waals surface area contributed by atoms with E-state index in [4.69, 9.17) is 0 Å². The van der Waals surface area contributed by atoms with Crippen LogP contribution in [0.25, 0.3) is 9.88 Å². The Bertz CT molecular complexity index is 422. The predicted molar refractivity (Wildman–Crippen MR) is 65.9 cm³/mol. The van der Waals surface area contributed by atoms with Crippen LogP contribution in [0.5, 0.6) is 0 Å². The van der Waals surface area contributed by atoms with Crippen molar-refractivity contribution >= 4 is 38.6 Å². The third kappa shape index (κ3) is 2.06. The Balaban J connectivity index is 2.29. The van der Waals surface area contributed by atoms with Crippen LogP contribution in [0, 0.1) is 0 Å². The molecule has 0 atom stereocenters. The second-order valence-corrected chi connectivity index (χ2v) is 5.40. The van der Waals surface area contributed by atoms with Crippen LogP contribution in [0.4, 0.5) is 0 Å². The Morgan fingerprint density at radius 2 is 2.36 bits per heavy atom. The Labute approximate surface area is 99.1 Å². The molecule has 0 saturated heterocycles. The zero-order valence-corrected chi connectivity index (χ0v) is 10.8. The van der Waals surface area contributed by atoms with Crippen molar-refractivity contribution in [3.05, 3.63) is 27.0 Å². The molecule has 5 heteroatoms. The molecule has 0 aliphatic heterocycles. The summed E-state index contributed by atoms with van der Waals surface area (Å²) in [5.41, 5.74) is 1.10. The summed E-state index contributed by atoms with van der Waals surface area (Å²) >= 11 is 6.92. The molecule has 74 valence electrons. The number of thiophene rings is 1. The van der Waals surface area contributed by atoms with Crippen LogP contribution in [0.2, 0.25) is 0 Å². The molecule has 0 aromatic carbocycles. The normalized spacial score (nSPS) is 10.7. The molecule has 0 aliphatic carbocycles. The summed E-state index contributed by atoms with van der Waals surface area (Å²) < 4.78 is 1.13. The number of aromatic nitrogens is 1. The van der Waals surface area contributed by atoms with Gasteiger partial charge in [0.2, 0.25) is 0 Å². The molecule has 0 fully saturated rings. The summed E-state index contributed by atoms with van der Waals surface area (Å²) in [6.45, 7) is 0.833. The third-order valence-electron chi connectivity index (χ3n) is 1.72. The highest BCUT2D eigenvalue weighted by Crippen LogP contribution is 2.35. The molecular formula is C9H9BrN2S2. The zero-order valence-electron chi connectivity index (χ0n) is 7.58. The summed E-state index contributed by atoms with van der Waals surface area (Å²) in [6.07, 6.45) is 0. The maximum Gasteiger partial charge on any atom is 0.134 e. The van der Waals surface area contributed by atoms with Crippen molar-refractivity contribution in [1.82, 2.24) is 10.3 Å². The van der Waals surface area contributed by atoms with Crippen molar-refractivity contribution in [3.8, 4) is 9.88 Å². The lowest BCUT2D eigenvalue weighted by molar-refractivity contribution is 0.798. The first-order valence-electron chi connectivity index (χ1n) is 4.13. The van der Waals surface area contributed by atoms with Crippen LogP contribution in [-0.2, 0) is 6.54 Å². The van der Waals surface area contributed by atoms with Gasteiger partial charge in [-0.25, -0.2) is 4.98 Å². The minimum absolute atomic E-state index is 0.833. The van der Waals surface area contributed by atoms with Gasteiger partial charge >= 0.3 is 0 Å². The number of halogens is 1. The Morgan fingerprint density at radius 3 is 3.00 bits per heavy atom. The number of rotatable bonds is 3. The zero-order chi connectivity index (χ0) is 9.97. The van der Waals surface area contributed by atoms with Crippen molar-refractivity contribution in [2.45, 2.75) is 6.54 Å². The molecule has 0 saturated carbocycles. The molecule has 0 spiro atoms. The predicted octanol–water partition coefficient (Wildman–Crippen LogP) is 3.35. The van der Waals surface area contributed by atoms with E-state index in [-0.39, 0.29) is 0 Å². The average molecular weight is 289 g/mol. The van der Waals surface area contributed by atoms with Crippen molar-refractivity contribution in [2.75, 3.05) is 7.05 Å². The van der Waals surface area contributed by atoms with E-state index in [9.17, 15) is 0 Å². The summed E-state index contributed by atoms with van der Waals surface area (Å²) in [5, 5.41) is 8.35.